The Hall–Kier alpha value is -2.85. The number of hydrogen-bond donors (Lipinski definition) is 1. The first-order chi connectivity index (χ1) is 19.8. The number of esters is 1. The number of amides is 4. The predicted octanol–water partition coefficient (Wildman–Crippen LogP) is 5.48. The molecule has 1 aromatic rings. The summed E-state index contributed by atoms with van der Waals surface area (Å²) in [6.45, 7) is 8.35. The molecule has 2 fully saturated rings. The Balaban J connectivity index is 1.92. The fourth-order valence-corrected chi connectivity index (χ4v) is 6.18. The van der Waals surface area contributed by atoms with Crippen molar-refractivity contribution in [2.24, 2.45) is 11.7 Å². The first-order valence-electron chi connectivity index (χ1n) is 15.1. The second kappa shape index (κ2) is 15.0. The average molecular weight is 607 g/mol. The van der Waals surface area contributed by atoms with Gasteiger partial charge in [-0.25, -0.2) is 9.59 Å². The van der Waals surface area contributed by atoms with Crippen LogP contribution in [-0.2, 0) is 32.2 Å². The van der Waals surface area contributed by atoms with Crippen molar-refractivity contribution < 1.29 is 28.7 Å². The zero-order valence-electron chi connectivity index (χ0n) is 25.7. The van der Waals surface area contributed by atoms with Crippen LogP contribution in [0.4, 0.5) is 9.59 Å². The summed E-state index contributed by atoms with van der Waals surface area (Å²) in [5.74, 6) is -0.650. The Morgan fingerprint density at radius 2 is 1.71 bits per heavy atom. The molecular weight excluding hydrogens is 560 g/mol. The number of halogens is 1. The van der Waals surface area contributed by atoms with Crippen LogP contribution in [0.2, 0.25) is 5.02 Å². The molecule has 11 heteroatoms. The molecule has 1 heterocycles. The minimum Gasteiger partial charge on any atom is -0.465 e. The summed E-state index contributed by atoms with van der Waals surface area (Å²) >= 11 is 6.38. The summed E-state index contributed by atoms with van der Waals surface area (Å²) in [6.07, 6.45) is 6.84. The van der Waals surface area contributed by atoms with Gasteiger partial charge in [0.15, 0.2) is 0 Å². The molecule has 0 radical (unpaired) electrons. The lowest BCUT2D eigenvalue weighted by Gasteiger charge is -2.38. The van der Waals surface area contributed by atoms with E-state index in [9.17, 15) is 19.2 Å². The largest absolute Gasteiger partial charge is 0.465 e. The summed E-state index contributed by atoms with van der Waals surface area (Å²) in [5, 5.41) is 0.408. The number of urea groups is 1. The van der Waals surface area contributed by atoms with Crippen molar-refractivity contribution in [3.05, 3.63) is 34.3 Å². The Morgan fingerprint density at radius 3 is 2.33 bits per heavy atom. The first kappa shape index (κ1) is 33.6. The van der Waals surface area contributed by atoms with Crippen molar-refractivity contribution in [2.45, 2.75) is 110 Å². The molecule has 2 atom stereocenters. The fraction of sp³-hybridized carbons (Fsp3) is 0.677. The number of ether oxygens (including phenoxy) is 2. The smallest absolute Gasteiger partial charge is 0.411 e. The Kier molecular flexibility index (Phi) is 12.1. The molecule has 0 aromatic heterocycles. The number of carbonyl (C=O) groups excluding carboxylic acids is 4. The van der Waals surface area contributed by atoms with Gasteiger partial charge in [0.05, 0.1) is 19.7 Å². The van der Waals surface area contributed by atoms with E-state index in [-0.39, 0.29) is 50.9 Å². The second-order valence-corrected chi connectivity index (χ2v) is 12.8. The number of nitrogens with zero attached hydrogens (tertiary/aromatic N) is 3. The van der Waals surface area contributed by atoms with Gasteiger partial charge in [0.1, 0.15) is 12.1 Å². The van der Waals surface area contributed by atoms with Gasteiger partial charge in [-0.2, -0.15) is 0 Å². The number of hydrogen-bond acceptors (Lipinski definition) is 7. The van der Waals surface area contributed by atoms with E-state index in [1.165, 1.54) is 16.2 Å². The lowest BCUT2D eigenvalue weighted by atomic mass is 9.83. The minimum absolute atomic E-state index is 0.00331. The highest BCUT2D eigenvalue weighted by Crippen LogP contribution is 2.37. The van der Waals surface area contributed by atoms with Crippen LogP contribution in [0.1, 0.15) is 90.7 Å². The molecule has 42 heavy (non-hydrogen) atoms. The molecule has 2 aliphatic rings. The number of imide groups is 1. The van der Waals surface area contributed by atoms with E-state index < -0.39 is 23.6 Å². The van der Waals surface area contributed by atoms with Crippen molar-refractivity contribution >= 4 is 35.6 Å². The first-order valence-corrected chi connectivity index (χ1v) is 15.5. The van der Waals surface area contributed by atoms with E-state index >= 15 is 0 Å². The molecule has 3 rings (SSSR count). The summed E-state index contributed by atoms with van der Waals surface area (Å²) in [7, 11) is 0. The summed E-state index contributed by atoms with van der Waals surface area (Å²) < 4.78 is 10.6. The molecule has 1 unspecified atom stereocenters. The predicted molar refractivity (Wildman–Crippen MR) is 161 cm³/mol. The van der Waals surface area contributed by atoms with Crippen LogP contribution in [0.25, 0.3) is 0 Å². The van der Waals surface area contributed by atoms with Gasteiger partial charge in [-0.3, -0.25) is 19.4 Å². The Labute approximate surface area is 254 Å². The van der Waals surface area contributed by atoms with Crippen LogP contribution < -0.4 is 5.73 Å². The van der Waals surface area contributed by atoms with Crippen molar-refractivity contribution in [2.75, 3.05) is 19.7 Å². The van der Waals surface area contributed by atoms with Crippen molar-refractivity contribution in [3.63, 3.8) is 0 Å². The van der Waals surface area contributed by atoms with Gasteiger partial charge in [0.25, 0.3) is 0 Å². The van der Waals surface area contributed by atoms with E-state index in [2.05, 4.69) is 0 Å². The SMILES string of the molecule is CCOC(=O)CN(Cc1ccc(Cl)cc1CN(C(=O)CN)C(=O)N1C(C2CCCCC2)CC[C@H]1C)C(=O)OC(C)(C)C. The van der Waals surface area contributed by atoms with Crippen LogP contribution in [0.3, 0.4) is 0 Å². The molecular formula is C31H47ClN4O6. The molecule has 234 valence electrons. The van der Waals surface area contributed by atoms with Gasteiger partial charge >= 0.3 is 18.1 Å². The number of nitrogens with two attached hydrogens (primary N) is 1. The van der Waals surface area contributed by atoms with Crippen LogP contribution in [0, 0.1) is 5.92 Å². The maximum absolute atomic E-state index is 14.1. The minimum atomic E-state index is -0.787. The molecule has 10 nitrogen and oxygen atoms in total. The normalized spacial score (nSPS) is 19.4. The third-order valence-electron chi connectivity index (χ3n) is 7.97. The molecule has 1 saturated heterocycles. The van der Waals surface area contributed by atoms with Crippen molar-refractivity contribution in [3.8, 4) is 0 Å². The highest BCUT2D eigenvalue weighted by molar-refractivity contribution is 6.30. The van der Waals surface area contributed by atoms with Crippen LogP contribution in [0.5, 0.6) is 0 Å². The monoisotopic (exact) mass is 606 g/mol. The van der Waals surface area contributed by atoms with Crippen molar-refractivity contribution in [1.82, 2.24) is 14.7 Å². The maximum Gasteiger partial charge on any atom is 0.411 e. The zero-order chi connectivity index (χ0) is 31.0. The fourth-order valence-electron chi connectivity index (χ4n) is 5.99. The zero-order valence-corrected chi connectivity index (χ0v) is 26.5. The van der Waals surface area contributed by atoms with Gasteiger partial charge in [0, 0.05) is 23.7 Å². The molecule has 1 aliphatic carbocycles. The van der Waals surface area contributed by atoms with Gasteiger partial charge < -0.3 is 20.1 Å². The average Bonchev–Trinajstić information content (AvgIpc) is 3.32. The Morgan fingerprint density at radius 1 is 1.02 bits per heavy atom. The maximum atomic E-state index is 14.1. The lowest BCUT2D eigenvalue weighted by Crippen LogP contribution is -2.53. The van der Waals surface area contributed by atoms with E-state index in [1.54, 1.807) is 45.9 Å². The van der Waals surface area contributed by atoms with E-state index in [4.69, 9.17) is 26.8 Å². The highest BCUT2D eigenvalue weighted by atomic mass is 35.5. The molecule has 1 aliphatic heterocycles. The number of rotatable bonds is 9. The third kappa shape index (κ3) is 9.07. The number of likely N-dealkylation sites (tertiary alicyclic amines) is 1. The third-order valence-corrected chi connectivity index (χ3v) is 8.20. The van der Waals surface area contributed by atoms with Crippen molar-refractivity contribution in [1.29, 1.82) is 0 Å². The van der Waals surface area contributed by atoms with Gasteiger partial charge in [-0.05, 0) is 89.5 Å². The molecule has 1 saturated carbocycles. The van der Waals surface area contributed by atoms with E-state index in [0.717, 1.165) is 38.5 Å². The molecule has 0 bridgehead atoms. The Bertz CT molecular complexity index is 1120. The highest BCUT2D eigenvalue weighted by Gasteiger charge is 2.42. The lowest BCUT2D eigenvalue weighted by molar-refractivity contribution is -0.144. The summed E-state index contributed by atoms with van der Waals surface area (Å²) in [5.41, 5.74) is 6.18. The summed E-state index contributed by atoms with van der Waals surface area (Å²) in [4.78, 5) is 57.1. The molecule has 1 aromatic carbocycles. The van der Waals surface area contributed by atoms with E-state index in [0.29, 0.717) is 22.1 Å². The summed E-state index contributed by atoms with van der Waals surface area (Å²) in [6, 6.07) is 4.79. The topological polar surface area (TPSA) is 122 Å². The van der Waals surface area contributed by atoms with E-state index in [1.807, 2.05) is 11.8 Å². The standard InChI is InChI=1S/C31H47ClN4O6/c1-6-41-28(38)20-34(30(40)42-31(3,4)5)18-23-13-14-25(32)16-24(23)19-35(27(37)17-33)29(39)36-21(2)12-15-26(36)22-10-8-7-9-11-22/h13-14,16,21-22,26H,6-12,15,17-20,33H2,1-5H3/t21-,26?/m1/s1. The van der Waals surface area contributed by atoms with Crippen LogP contribution in [-0.4, -0.2) is 76.1 Å². The second-order valence-electron chi connectivity index (χ2n) is 12.3. The van der Waals surface area contributed by atoms with Crippen LogP contribution in [0.15, 0.2) is 18.2 Å². The number of benzene rings is 1. The molecule has 4 amide bonds. The quantitative estimate of drug-likeness (QED) is 0.369. The van der Waals surface area contributed by atoms with Gasteiger partial charge in [0.2, 0.25) is 5.91 Å². The van der Waals surface area contributed by atoms with Gasteiger partial charge in [-0.1, -0.05) is 36.9 Å². The number of carbonyl (C=O) groups is 4. The van der Waals surface area contributed by atoms with Crippen LogP contribution >= 0.6 is 11.6 Å². The van der Waals surface area contributed by atoms with Gasteiger partial charge in [-0.15, -0.1) is 0 Å². The molecule has 0 spiro atoms. The molecule has 2 N–H and O–H groups in total.